The summed E-state index contributed by atoms with van der Waals surface area (Å²) in [5.41, 5.74) is 6.39. The fourth-order valence-electron chi connectivity index (χ4n) is 1.33. The molecule has 1 rings (SSSR count). The lowest BCUT2D eigenvalue weighted by molar-refractivity contribution is -0.117. The average molecular weight is 246 g/mol. The Morgan fingerprint density at radius 3 is 2.50 bits per heavy atom. The number of hydrogen-bond acceptors (Lipinski definition) is 3. The Bertz CT molecular complexity index is 476. The topological polar surface area (TPSA) is 108 Å². The van der Waals surface area contributed by atoms with Crippen LogP contribution < -0.4 is 16.4 Å². The third-order valence-corrected chi connectivity index (χ3v) is 2.26. The lowest BCUT2D eigenvalue weighted by Crippen LogP contribution is -2.44. The second-order valence-electron chi connectivity index (χ2n) is 3.75. The van der Waals surface area contributed by atoms with E-state index in [1.807, 2.05) is 6.07 Å². The summed E-state index contributed by atoms with van der Waals surface area (Å²) in [6.45, 7) is 1.53. The predicted molar refractivity (Wildman–Crippen MR) is 66.6 cm³/mol. The van der Waals surface area contributed by atoms with Gasteiger partial charge in [0.15, 0.2) is 0 Å². The number of hydrogen-bond donors (Lipinski definition) is 3. The number of benzene rings is 1. The fourth-order valence-corrected chi connectivity index (χ4v) is 1.33. The normalized spacial score (nSPS) is 11.1. The summed E-state index contributed by atoms with van der Waals surface area (Å²) >= 11 is 0. The van der Waals surface area contributed by atoms with Gasteiger partial charge in [0.2, 0.25) is 5.91 Å². The fraction of sp³-hybridized carbons (Fsp3) is 0.250. The SMILES string of the molecule is CC(NC(N)=O)C(=O)Nc1ccc(CC#N)cc1. The van der Waals surface area contributed by atoms with Crippen LogP contribution in [0.2, 0.25) is 0 Å². The van der Waals surface area contributed by atoms with Crippen LogP contribution in [0.3, 0.4) is 0 Å². The lowest BCUT2D eigenvalue weighted by atomic mass is 10.1. The third kappa shape index (κ3) is 4.14. The van der Waals surface area contributed by atoms with Gasteiger partial charge in [0, 0.05) is 5.69 Å². The molecule has 18 heavy (non-hydrogen) atoms. The van der Waals surface area contributed by atoms with Crippen molar-refractivity contribution in [2.45, 2.75) is 19.4 Å². The average Bonchev–Trinajstić information content (AvgIpc) is 2.31. The van der Waals surface area contributed by atoms with Gasteiger partial charge in [0.05, 0.1) is 12.5 Å². The molecule has 1 aromatic rings. The zero-order valence-corrected chi connectivity index (χ0v) is 9.93. The van der Waals surface area contributed by atoms with Gasteiger partial charge in [-0.1, -0.05) is 12.1 Å². The van der Waals surface area contributed by atoms with E-state index in [0.717, 1.165) is 5.56 Å². The standard InChI is InChI=1S/C12H14N4O2/c1-8(15-12(14)18)11(17)16-10-4-2-9(3-5-10)6-7-13/h2-5,8H,6H2,1H3,(H,16,17)(H3,14,15,18). The van der Waals surface area contributed by atoms with Crippen molar-refractivity contribution >= 4 is 17.6 Å². The van der Waals surface area contributed by atoms with E-state index in [0.29, 0.717) is 12.1 Å². The maximum atomic E-state index is 11.6. The molecule has 1 aromatic carbocycles. The van der Waals surface area contributed by atoms with Crippen LogP contribution in [0.25, 0.3) is 0 Å². The van der Waals surface area contributed by atoms with Crippen LogP contribution in [0.1, 0.15) is 12.5 Å². The summed E-state index contributed by atoms with van der Waals surface area (Å²) in [7, 11) is 0. The number of urea groups is 1. The van der Waals surface area contributed by atoms with Gasteiger partial charge in [-0.05, 0) is 24.6 Å². The molecular formula is C12H14N4O2. The number of anilines is 1. The number of nitrogens with zero attached hydrogens (tertiary/aromatic N) is 1. The highest BCUT2D eigenvalue weighted by Gasteiger charge is 2.13. The molecule has 0 saturated carbocycles. The van der Waals surface area contributed by atoms with Gasteiger partial charge in [0.1, 0.15) is 6.04 Å². The number of amides is 3. The minimum absolute atomic E-state index is 0.327. The van der Waals surface area contributed by atoms with Gasteiger partial charge in [0.25, 0.3) is 0 Å². The first-order valence-corrected chi connectivity index (χ1v) is 5.35. The van der Waals surface area contributed by atoms with E-state index >= 15 is 0 Å². The van der Waals surface area contributed by atoms with Gasteiger partial charge >= 0.3 is 6.03 Å². The van der Waals surface area contributed by atoms with Crippen LogP contribution in [-0.2, 0) is 11.2 Å². The first-order chi connectivity index (χ1) is 8.52. The number of nitrogens with one attached hydrogen (secondary N) is 2. The molecule has 0 heterocycles. The molecule has 0 fully saturated rings. The summed E-state index contributed by atoms with van der Waals surface area (Å²) in [4.78, 5) is 22.2. The minimum Gasteiger partial charge on any atom is -0.352 e. The summed E-state index contributed by atoms with van der Waals surface area (Å²) in [5, 5.41) is 13.4. The molecule has 6 nitrogen and oxygen atoms in total. The molecule has 0 aliphatic heterocycles. The van der Waals surface area contributed by atoms with E-state index in [1.54, 1.807) is 24.3 Å². The maximum absolute atomic E-state index is 11.6. The number of primary amides is 1. The molecule has 4 N–H and O–H groups in total. The first-order valence-electron chi connectivity index (χ1n) is 5.35. The highest BCUT2D eigenvalue weighted by atomic mass is 16.2. The smallest absolute Gasteiger partial charge is 0.312 e. The lowest BCUT2D eigenvalue weighted by Gasteiger charge is -2.12. The summed E-state index contributed by atoms with van der Waals surface area (Å²) in [6.07, 6.45) is 0.327. The van der Waals surface area contributed by atoms with Crippen molar-refractivity contribution in [1.29, 1.82) is 5.26 Å². The van der Waals surface area contributed by atoms with E-state index in [1.165, 1.54) is 6.92 Å². The van der Waals surface area contributed by atoms with Crippen molar-refractivity contribution in [2.24, 2.45) is 5.73 Å². The molecular weight excluding hydrogens is 232 g/mol. The number of carbonyl (C=O) groups excluding carboxylic acids is 2. The van der Waals surface area contributed by atoms with E-state index < -0.39 is 12.1 Å². The highest BCUT2D eigenvalue weighted by molar-refractivity contribution is 5.96. The zero-order chi connectivity index (χ0) is 13.5. The molecule has 6 heteroatoms. The Labute approximate surface area is 105 Å². The van der Waals surface area contributed by atoms with E-state index in [9.17, 15) is 9.59 Å². The molecule has 94 valence electrons. The van der Waals surface area contributed by atoms with Crippen molar-refractivity contribution in [3.63, 3.8) is 0 Å². The van der Waals surface area contributed by atoms with E-state index in [-0.39, 0.29) is 5.91 Å². The van der Waals surface area contributed by atoms with Crippen LogP contribution in [0.5, 0.6) is 0 Å². The predicted octanol–water partition coefficient (Wildman–Crippen LogP) is 0.748. The number of carbonyl (C=O) groups is 2. The molecule has 0 aromatic heterocycles. The van der Waals surface area contributed by atoms with Gasteiger partial charge in [-0.2, -0.15) is 5.26 Å². The molecule has 0 radical (unpaired) electrons. The number of nitriles is 1. The molecule has 0 aliphatic carbocycles. The monoisotopic (exact) mass is 246 g/mol. The summed E-state index contributed by atoms with van der Waals surface area (Å²) < 4.78 is 0. The second-order valence-corrected chi connectivity index (χ2v) is 3.75. The number of rotatable bonds is 4. The Kier molecular flexibility index (Phi) is 4.69. The van der Waals surface area contributed by atoms with E-state index in [2.05, 4.69) is 10.6 Å². The summed E-state index contributed by atoms with van der Waals surface area (Å²) in [6, 6.07) is 7.48. The van der Waals surface area contributed by atoms with Crippen molar-refractivity contribution in [3.05, 3.63) is 29.8 Å². The highest BCUT2D eigenvalue weighted by Crippen LogP contribution is 2.10. The summed E-state index contributed by atoms with van der Waals surface area (Å²) in [5.74, 6) is -0.359. The Hall–Kier alpha value is -2.55. The van der Waals surface area contributed by atoms with Gasteiger partial charge < -0.3 is 16.4 Å². The maximum Gasteiger partial charge on any atom is 0.312 e. The molecule has 3 amide bonds. The Morgan fingerprint density at radius 1 is 1.39 bits per heavy atom. The molecule has 0 aliphatic rings. The van der Waals surface area contributed by atoms with Gasteiger partial charge in [-0.3, -0.25) is 4.79 Å². The van der Waals surface area contributed by atoms with Crippen LogP contribution in [0.15, 0.2) is 24.3 Å². The number of nitrogens with two attached hydrogens (primary N) is 1. The minimum atomic E-state index is -0.748. The molecule has 1 unspecified atom stereocenters. The van der Waals surface area contributed by atoms with Crippen LogP contribution >= 0.6 is 0 Å². The van der Waals surface area contributed by atoms with Crippen molar-refractivity contribution in [2.75, 3.05) is 5.32 Å². The zero-order valence-electron chi connectivity index (χ0n) is 9.93. The second kappa shape index (κ2) is 6.25. The van der Waals surface area contributed by atoms with E-state index in [4.69, 9.17) is 11.0 Å². The Morgan fingerprint density at radius 2 is 2.00 bits per heavy atom. The van der Waals surface area contributed by atoms with Crippen LogP contribution in [-0.4, -0.2) is 18.0 Å². The quantitative estimate of drug-likeness (QED) is 0.729. The largest absolute Gasteiger partial charge is 0.352 e. The van der Waals surface area contributed by atoms with Crippen molar-refractivity contribution < 1.29 is 9.59 Å². The molecule has 0 spiro atoms. The molecule has 1 atom stereocenters. The molecule has 0 saturated heterocycles. The van der Waals surface area contributed by atoms with Crippen molar-refractivity contribution in [1.82, 2.24) is 5.32 Å². The molecule has 0 bridgehead atoms. The Balaban J connectivity index is 2.59. The third-order valence-electron chi connectivity index (χ3n) is 2.26. The van der Waals surface area contributed by atoms with Crippen LogP contribution in [0, 0.1) is 11.3 Å². The van der Waals surface area contributed by atoms with Crippen LogP contribution in [0.4, 0.5) is 10.5 Å². The first kappa shape index (κ1) is 13.5. The van der Waals surface area contributed by atoms with Crippen molar-refractivity contribution in [3.8, 4) is 6.07 Å². The van der Waals surface area contributed by atoms with Gasteiger partial charge in [-0.15, -0.1) is 0 Å². The van der Waals surface area contributed by atoms with Gasteiger partial charge in [-0.25, -0.2) is 4.79 Å².